The molecule has 0 spiro atoms. The van der Waals surface area contributed by atoms with Crippen molar-refractivity contribution in [3.05, 3.63) is 24.3 Å². The molecule has 27 heavy (non-hydrogen) atoms. The van der Waals surface area contributed by atoms with Crippen molar-refractivity contribution in [1.82, 2.24) is 0 Å². The molecule has 1 N–H and O–H groups in total. The molecule has 0 saturated heterocycles. The largest absolute Gasteiger partial charge is 0.455 e. The zero-order valence-electron chi connectivity index (χ0n) is 14.9. The Bertz CT molecular complexity index is 678. The van der Waals surface area contributed by atoms with Gasteiger partial charge in [0.15, 0.2) is 6.61 Å². The number of benzene rings is 1. The minimum atomic E-state index is -2.89. The maximum absolute atomic E-state index is 12.5. The van der Waals surface area contributed by atoms with Gasteiger partial charge in [-0.2, -0.15) is 8.78 Å². The molecule has 0 aliphatic heterocycles. The molecule has 146 valence electrons. The van der Waals surface area contributed by atoms with Gasteiger partial charge in [0.05, 0.1) is 5.92 Å². The van der Waals surface area contributed by atoms with E-state index in [2.05, 4.69) is 10.1 Å². The lowest BCUT2D eigenvalue weighted by molar-refractivity contribution is -0.164. The van der Waals surface area contributed by atoms with Gasteiger partial charge in [0.25, 0.3) is 5.91 Å². The summed E-state index contributed by atoms with van der Waals surface area (Å²) < 4.78 is 33.8. The fraction of sp³-hybridized carbons (Fsp3) is 0.600. The first-order valence-electron chi connectivity index (χ1n) is 9.49. The van der Waals surface area contributed by atoms with Gasteiger partial charge < -0.3 is 14.8 Å². The van der Waals surface area contributed by atoms with Gasteiger partial charge in [-0.25, -0.2) is 0 Å². The lowest BCUT2D eigenvalue weighted by Crippen LogP contribution is -2.48. The Hall–Kier alpha value is -2.18. The topological polar surface area (TPSA) is 64.6 Å². The van der Waals surface area contributed by atoms with Crippen LogP contribution in [0.25, 0.3) is 0 Å². The quantitative estimate of drug-likeness (QED) is 0.763. The van der Waals surface area contributed by atoms with Crippen LogP contribution in [0.5, 0.6) is 5.75 Å². The summed E-state index contributed by atoms with van der Waals surface area (Å²) in [5.74, 6) is 1.63. The molecule has 4 saturated carbocycles. The first-order chi connectivity index (χ1) is 13.0. The van der Waals surface area contributed by atoms with Gasteiger partial charge in [0.1, 0.15) is 5.75 Å². The molecule has 1 aromatic rings. The van der Waals surface area contributed by atoms with Gasteiger partial charge in [-0.3, -0.25) is 9.59 Å². The van der Waals surface area contributed by atoms with E-state index >= 15 is 0 Å². The Morgan fingerprint density at radius 3 is 2.15 bits per heavy atom. The van der Waals surface area contributed by atoms with E-state index in [1.54, 1.807) is 0 Å². The molecular weight excluding hydrogens is 356 g/mol. The monoisotopic (exact) mass is 379 g/mol. The highest BCUT2D eigenvalue weighted by Gasteiger charge is 2.51. The summed E-state index contributed by atoms with van der Waals surface area (Å²) in [4.78, 5) is 24.6. The average Bonchev–Trinajstić information content (AvgIpc) is 2.60. The molecule has 4 bridgehead atoms. The van der Waals surface area contributed by atoms with Crippen molar-refractivity contribution in [3.8, 4) is 5.75 Å². The number of halogens is 2. The molecule has 4 aliphatic carbocycles. The van der Waals surface area contributed by atoms with E-state index in [9.17, 15) is 18.4 Å². The van der Waals surface area contributed by atoms with E-state index in [4.69, 9.17) is 4.74 Å². The molecule has 0 heterocycles. The molecule has 0 unspecified atom stereocenters. The molecule has 7 heteroatoms. The molecule has 1 aromatic carbocycles. The van der Waals surface area contributed by atoms with E-state index in [0.717, 1.165) is 37.5 Å². The lowest BCUT2D eigenvalue weighted by Gasteiger charge is -2.53. The first kappa shape index (κ1) is 18.2. The average molecular weight is 379 g/mol. The predicted molar refractivity (Wildman–Crippen MR) is 93.2 cm³/mol. The summed E-state index contributed by atoms with van der Waals surface area (Å²) in [5.41, 5.74) is 0.423. The Balaban J connectivity index is 1.26. The van der Waals surface area contributed by atoms with Crippen LogP contribution in [0.4, 0.5) is 14.5 Å². The van der Waals surface area contributed by atoms with Crippen LogP contribution >= 0.6 is 0 Å². The number of ether oxygens (including phenoxy) is 2. The van der Waals surface area contributed by atoms with Gasteiger partial charge in [-0.15, -0.1) is 0 Å². The van der Waals surface area contributed by atoms with E-state index in [1.807, 2.05) is 0 Å². The zero-order chi connectivity index (χ0) is 19.0. The summed E-state index contributed by atoms with van der Waals surface area (Å²) in [5, 5.41) is 2.59. The van der Waals surface area contributed by atoms with Crippen LogP contribution < -0.4 is 10.1 Å². The van der Waals surface area contributed by atoms with Crippen LogP contribution in [0, 0.1) is 29.6 Å². The second kappa shape index (κ2) is 7.44. The maximum atomic E-state index is 12.5. The van der Waals surface area contributed by atoms with E-state index in [1.165, 1.54) is 30.7 Å². The summed E-state index contributed by atoms with van der Waals surface area (Å²) >= 11 is 0. The summed E-state index contributed by atoms with van der Waals surface area (Å²) in [6.07, 6.45) is 5.79. The van der Waals surface area contributed by atoms with Crippen LogP contribution in [0.2, 0.25) is 0 Å². The van der Waals surface area contributed by atoms with Crippen LogP contribution in [0.1, 0.15) is 32.1 Å². The fourth-order valence-electron chi connectivity index (χ4n) is 5.46. The molecule has 4 aliphatic rings. The molecule has 0 atom stereocenters. The number of amides is 1. The number of hydrogen-bond acceptors (Lipinski definition) is 4. The third-order valence-electron chi connectivity index (χ3n) is 6.21. The van der Waals surface area contributed by atoms with Crippen molar-refractivity contribution in [2.24, 2.45) is 29.6 Å². The maximum Gasteiger partial charge on any atom is 0.387 e. The minimum absolute atomic E-state index is 0.0105. The van der Waals surface area contributed by atoms with Gasteiger partial charge in [0, 0.05) is 5.69 Å². The number of anilines is 1. The molecule has 1 amide bonds. The second-order valence-electron chi connectivity index (χ2n) is 8.02. The third-order valence-corrected chi connectivity index (χ3v) is 6.21. The van der Waals surface area contributed by atoms with Gasteiger partial charge in [-0.1, -0.05) is 0 Å². The van der Waals surface area contributed by atoms with Gasteiger partial charge >= 0.3 is 12.6 Å². The van der Waals surface area contributed by atoms with Crippen LogP contribution in [0.15, 0.2) is 24.3 Å². The van der Waals surface area contributed by atoms with E-state index < -0.39 is 12.5 Å². The fourth-order valence-corrected chi connectivity index (χ4v) is 5.46. The van der Waals surface area contributed by atoms with Gasteiger partial charge in [-0.05, 0) is 80.0 Å². The highest BCUT2D eigenvalue weighted by Crippen LogP contribution is 2.56. The summed E-state index contributed by atoms with van der Waals surface area (Å²) in [7, 11) is 0. The van der Waals surface area contributed by atoms with Crippen LogP contribution in [0.3, 0.4) is 0 Å². The van der Waals surface area contributed by atoms with Crippen molar-refractivity contribution in [3.63, 3.8) is 0 Å². The second-order valence-corrected chi connectivity index (χ2v) is 8.02. The highest BCUT2D eigenvalue weighted by atomic mass is 19.3. The Labute approximate surface area is 156 Å². The summed E-state index contributed by atoms with van der Waals surface area (Å²) in [6, 6.07) is 5.58. The minimum Gasteiger partial charge on any atom is -0.455 e. The summed E-state index contributed by atoms with van der Waals surface area (Å²) in [6.45, 7) is -3.23. The molecule has 5 rings (SSSR count). The van der Waals surface area contributed by atoms with Crippen LogP contribution in [-0.4, -0.2) is 25.1 Å². The van der Waals surface area contributed by atoms with Crippen LogP contribution in [-0.2, 0) is 14.3 Å². The molecule has 0 radical (unpaired) electrons. The first-order valence-corrected chi connectivity index (χ1v) is 9.49. The number of carbonyl (C=O) groups excluding carboxylic acids is 2. The van der Waals surface area contributed by atoms with Crippen molar-refractivity contribution in [1.29, 1.82) is 0 Å². The van der Waals surface area contributed by atoms with Crippen molar-refractivity contribution >= 4 is 17.6 Å². The number of hydrogen-bond donors (Lipinski definition) is 1. The number of alkyl halides is 2. The van der Waals surface area contributed by atoms with Crippen molar-refractivity contribution in [2.45, 2.75) is 38.7 Å². The Kier molecular flexibility index (Phi) is 5.02. The number of nitrogens with one attached hydrogen (secondary N) is 1. The predicted octanol–water partition coefficient (Wildman–Crippen LogP) is 3.84. The molecular formula is C20H23F2NO4. The number of esters is 1. The molecule has 4 fully saturated rings. The normalized spacial score (nSPS) is 31.0. The van der Waals surface area contributed by atoms with E-state index in [-0.39, 0.29) is 24.2 Å². The van der Waals surface area contributed by atoms with Gasteiger partial charge in [0.2, 0.25) is 0 Å². The Morgan fingerprint density at radius 1 is 1.00 bits per heavy atom. The highest BCUT2D eigenvalue weighted by molar-refractivity contribution is 5.93. The Morgan fingerprint density at radius 2 is 1.59 bits per heavy atom. The smallest absolute Gasteiger partial charge is 0.387 e. The SMILES string of the molecule is O=C(COC(=O)C1C2CC3CC(C2)CC1C3)Nc1ccc(OC(F)F)cc1. The van der Waals surface area contributed by atoms with Crippen molar-refractivity contribution < 1.29 is 27.8 Å². The van der Waals surface area contributed by atoms with E-state index in [0.29, 0.717) is 17.5 Å². The zero-order valence-corrected chi connectivity index (χ0v) is 14.9. The van der Waals surface area contributed by atoms with Crippen molar-refractivity contribution in [2.75, 3.05) is 11.9 Å². The molecule has 0 aromatic heterocycles. The standard InChI is InChI=1S/C20H23F2NO4/c21-20(22)27-16-3-1-15(2-4-16)23-17(24)10-26-19(25)18-13-6-11-5-12(8-13)9-14(18)7-11/h1-4,11-14,18,20H,5-10H2,(H,23,24). The number of rotatable bonds is 6. The lowest BCUT2D eigenvalue weighted by atomic mass is 9.52. The third kappa shape index (κ3) is 4.06. The number of carbonyl (C=O) groups is 2. The molecule has 5 nitrogen and oxygen atoms in total.